The normalized spacial score (nSPS) is 21.9. The van der Waals surface area contributed by atoms with Crippen molar-refractivity contribution in [1.29, 1.82) is 0 Å². The minimum Gasteiger partial charge on any atom is -0.340 e. The SMILES string of the molecule is CCn1c(CN2CCC[C@H](C(=O)N3CCN(C(C)C)CC3)C2)nc2ccccc21. The van der Waals surface area contributed by atoms with Crippen LogP contribution in [-0.2, 0) is 17.9 Å². The van der Waals surface area contributed by atoms with Crippen molar-refractivity contribution in [3.63, 3.8) is 0 Å². The predicted molar refractivity (Wildman–Crippen MR) is 117 cm³/mol. The van der Waals surface area contributed by atoms with Crippen molar-refractivity contribution >= 4 is 16.9 Å². The Morgan fingerprint density at radius 3 is 2.62 bits per heavy atom. The summed E-state index contributed by atoms with van der Waals surface area (Å²) in [7, 11) is 0. The van der Waals surface area contributed by atoms with E-state index in [-0.39, 0.29) is 5.92 Å². The molecule has 0 N–H and O–H groups in total. The van der Waals surface area contributed by atoms with E-state index in [0.717, 1.165) is 76.5 Å². The lowest BCUT2D eigenvalue weighted by Gasteiger charge is -2.40. The molecule has 2 saturated heterocycles. The van der Waals surface area contributed by atoms with E-state index in [1.54, 1.807) is 0 Å². The van der Waals surface area contributed by atoms with Gasteiger partial charge in [0.15, 0.2) is 0 Å². The number of likely N-dealkylation sites (tertiary alicyclic amines) is 1. The number of imidazole rings is 1. The summed E-state index contributed by atoms with van der Waals surface area (Å²) >= 11 is 0. The zero-order valence-electron chi connectivity index (χ0n) is 18.2. The average Bonchev–Trinajstić information content (AvgIpc) is 3.10. The molecule has 2 aliphatic rings. The molecule has 4 rings (SSSR count). The number of amides is 1. The summed E-state index contributed by atoms with van der Waals surface area (Å²) in [5.41, 5.74) is 2.27. The molecule has 0 bridgehead atoms. The van der Waals surface area contributed by atoms with Crippen LogP contribution in [0.4, 0.5) is 0 Å². The summed E-state index contributed by atoms with van der Waals surface area (Å²) in [6.45, 7) is 14.1. The van der Waals surface area contributed by atoms with Crippen molar-refractivity contribution < 1.29 is 4.79 Å². The van der Waals surface area contributed by atoms with Crippen LogP contribution in [0.1, 0.15) is 39.4 Å². The number of fused-ring (bicyclic) bond motifs is 1. The molecular formula is C23H35N5O. The van der Waals surface area contributed by atoms with E-state index in [4.69, 9.17) is 4.98 Å². The van der Waals surface area contributed by atoms with Crippen LogP contribution in [0, 0.1) is 5.92 Å². The molecule has 0 saturated carbocycles. The number of carbonyl (C=O) groups is 1. The number of aryl methyl sites for hydroxylation is 1. The Labute approximate surface area is 174 Å². The van der Waals surface area contributed by atoms with Gasteiger partial charge in [0.2, 0.25) is 5.91 Å². The van der Waals surface area contributed by atoms with E-state index in [2.05, 4.69) is 58.2 Å². The van der Waals surface area contributed by atoms with Crippen molar-refractivity contribution in [3.8, 4) is 0 Å². The minimum atomic E-state index is 0.133. The quantitative estimate of drug-likeness (QED) is 0.778. The number of piperidine rings is 1. The highest BCUT2D eigenvalue weighted by Crippen LogP contribution is 2.23. The Morgan fingerprint density at radius 2 is 1.90 bits per heavy atom. The van der Waals surface area contributed by atoms with Crippen LogP contribution in [0.2, 0.25) is 0 Å². The molecule has 1 amide bonds. The third kappa shape index (κ3) is 4.33. The van der Waals surface area contributed by atoms with Gasteiger partial charge in [-0.1, -0.05) is 12.1 Å². The van der Waals surface area contributed by atoms with Gasteiger partial charge < -0.3 is 9.47 Å². The second-order valence-electron chi connectivity index (χ2n) is 8.79. The van der Waals surface area contributed by atoms with E-state index in [0.29, 0.717) is 11.9 Å². The summed E-state index contributed by atoms with van der Waals surface area (Å²) in [6, 6.07) is 8.93. The molecule has 2 fully saturated rings. The van der Waals surface area contributed by atoms with Gasteiger partial charge >= 0.3 is 0 Å². The van der Waals surface area contributed by atoms with Gasteiger partial charge in [0, 0.05) is 45.3 Å². The number of carbonyl (C=O) groups excluding carboxylic acids is 1. The van der Waals surface area contributed by atoms with Gasteiger partial charge in [-0.05, 0) is 52.3 Å². The number of hydrogen-bond acceptors (Lipinski definition) is 4. The highest BCUT2D eigenvalue weighted by molar-refractivity contribution is 5.79. The van der Waals surface area contributed by atoms with Crippen LogP contribution in [0.3, 0.4) is 0 Å². The van der Waals surface area contributed by atoms with Crippen LogP contribution in [0.15, 0.2) is 24.3 Å². The summed E-state index contributed by atoms with van der Waals surface area (Å²) in [4.78, 5) is 25.0. The molecule has 2 aliphatic heterocycles. The molecule has 0 unspecified atom stereocenters. The zero-order chi connectivity index (χ0) is 20.4. The Balaban J connectivity index is 1.39. The number of nitrogens with zero attached hydrogens (tertiary/aromatic N) is 5. The lowest BCUT2D eigenvalue weighted by Crippen LogP contribution is -2.53. The summed E-state index contributed by atoms with van der Waals surface area (Å²) in [5.74, 6) is 1.61. The van der Waals surface area contributed by atoms with Crippen LogP contribution in [0.25, 0.3) is 11.0 Å². The van der Waals surface area contributed by atoms with Gasteiger partial charge in [-0.15, -0.1) is 0 Å². The largest absolute Gasteiger partial charge is 0.340 e. The van der Waals surface area contributed by atoms with E-state index in [9.17, 15) is 4.79 Å². The number of benzene rings is 1. The first kappa shape index (κ1) is 20.4. The Bertz CT molecular complexity index is 837. The van der Waals surface area contributed by atoms with E-state index in [1.165, 1.54) is 5.52 Å². The molecule has 1 aromatic heterocycles. The maximum atomic E-state index is 13.2. The topological polar surface area (TPSA) is 44.6 Å². The third-order valence-corrected chi connectivity index (χ3v) is 6.63. The first-order valence-corrected chi connectivity index (χ1v) is 11.3. The molecule has 2 aromatic rings. The summed E-state index contributed by atoms with van der Waals surface area (Å²) in [6.07, 6.45) is 2.11. The van der Waals surface area contributed by atoms with Crippen molar-refractivity contribution in [2.45, 2.75) is 52.7 Å². The maximum absolute atomic E-state index is 13.2. The predicted octanol–water partition coefficient (Wildman–Crippen LogP) is 2.82. The van der Waals surface area contributed by atoms with E-state index < -0.39 is 0 Å². The maximum Gasteiger partial charge on any atom is 0.227 e. The van der Waals surface area contributed by atoms with Crippen LogP contribution in [-0.4, -0.2) is 75.5 Å². The van der Waals surface area contributed by atoms with E-state index >= 15 is 0 Å². The van der Waals surface area contributed by atoms with Gasteiger partial charge in [-0.2, -0.15) is 0 Å². The highest BCUT2D eigenvalue weighted by Gasteiger charge is 2.31. The van der Waals surface area contributed by atoms with Crippen molar-refractivity contribution in [2.75, 3.05) is 39.3 Å². The Hall–Kier alpha value is -1.92. The highest BCUT2D eigenvalue weighted by atomic mass is 16.2. The number of para-hydroxylation sites is 2. The lowest BCUT2D eigenvalue weighted by molar-refractivity contribution is -0.139. The van der Waals surface area contributed by atoms with Gasteiger partial charge in [0.05, 0.1) is 23.5 Å². The molecule has 0 spiro atoms. The molecule has 3 heterocycles. The van der Waals surface area contributed by atoms with Gasteiger partial charge in [-0.3, -0.25) is 14.6 Å². The first-order chi connectivity index (χ1) is 14.1. The molecule has 0 aliphatic carbocycles. The average molecular weight is 398 g/mol. The summed E-state index contributed by atoms with van der Waals surface area (Å²) in [5, 5.41) is 0. The molecule has 0 radical (unpaired) electrons. The van der Waals surface area contributed by atoms with Gasteiger partial charge in [0.1, 0.15) is 5.82 Å². The van der Waals surface area contributed by atoms with Gasteiger partial charge in [-0.25, -0.2) is 4.98 Å². The number of hydrogen-bond donors (Lipinski definition) is 0. The van der Waals surface area contributed by atoms with Crippen LogP contribution >= 0.6 is 0 Å². The Morgan fingerprint density at radius 1 is 1.14 bits per heavy atom. The number of aromatic nitrogens is 2. The standard InChI is InChI=1S/C23H35N5O/c1-4-28-21-10-6-5-9-20(21)24-22(28)17-25-11-7-8-19(16-25)23(29)27-14-12-26(13-15-27)18(2)3/h5-6,9-10,18-19H,4,7-8,11-17H2,1-3H3/t19-/m0/s1. The second kappa shape index (κ2) is 8.84. The monoisotopic (exact) mass is 397 g/mol. The molecular weight excluding hydrogens is 362 g/mol. The molecule has 158 valence electrons. The molecule has 1 atom stereocenters. The fraction of sp³-hybridized carbons (Fsp3) is 0.652. The zero-order valence-corrected chi connectivity index (χ0v) is 18.2. The minimum absolute atomic E-state index is 0.133. The lowest BCUT2D eigenvalue weighted by atomic mass is 9.96. The second-order valence-corrected chi connectivity index (χ2v) is 8.79. The van der Waals surface area contributed by atoms with Crippen LogP contribution in [0.5, 0.6) is 0 Å². The molecule has 6 heteroatoms. The van der Waals surface area contributed by atoms with E-state index in [1.807, 2.05) is 6.07 Å². The van der Waals surface area contributed by atoms with Crippen molar-refractivity contribution in [3.05, 3.63) is 30.1 Å². The third-order valence-electron chi connectivity index (χ3n) is 6.63. The number of piperazine rings is 1. The van der Waals surface area contributed by atoms with Crippen molar-refractivity contribution in [1.82, 2.24) is 24.3 Å². The molecule has 6 nitrogen and oxygen atoms in total. The van der Waals surface area contributed by atoms with Gasteiger partial charge in [0.25, 0.3) is 0 Å². The fourth-order valence-corrected chi connectivity index (χ4v) is 4.92. The Kier molecular flexibility index (Phi) is 6.20. The molecule has 29 heavy (non-hydrogen) atoms. The van der Waals surface area contributed by atoms with Crippen LogP contribution < -0.4 is 0 Å². The fourth-order valence-electron chi connectivity index (χ4n) is 4.92. The summed E-state index contributed by atoms with van der Waals surface area (Å²) < 4.78 is 2.31. The smallest absolute Gasteiger partial charge is 0.227 e. The first-order valence-electron chi connectivity index (χ1n) is 11.3. The number of rotatable bonds is 5. The molecule has 1 aromatic carbocycles. The van der Waals surface area contributed by atoms with Crippen molar-refractivity contribution in [2.24, 2.45) is 5.92 Å².